The monoisotopic (exact) mass is 431 g/mol. The van der Waals surface area contributed by atoms with E-state index in [1.807, 2.05) is 0 Å². The summed E-state index contributed by atoms with van der Waals surface area (Å²) in [7, 11) is 0. The molecule has 1 aromatic heterocycles. The molecular weight excluding hydrogens is 398 g/mol. The normalized spacial score (nSPS) is 15.5. The average Bonchev–Trinajstić information content (AvgIpc) is 3.25. The molecule has 2 aromatic carbocycles. The van der Waals surface area contributed by atoms with Crippen molar-refractivity contribution < 1.29 is 9.90 Å². The number of piperidine rings is 1. The van der Waals surface area contributed by atoms with Crippen molar-refractivity contribution in [1.29, 1.82) is 0 Å². The quantitative estimate of drug-likeness (QED) is 0.328. The van der Waals surface area contributed by atoms with E-state index in [0.717, 1.165) is 24.9 Å². The first-order valence-electron chi connectivity index (χ1n) is 11.7. The number of aromatic hydroxyl groups is 1. The molecule has 5 heteroatoms. The van der Waals surface area contributed by atoms with Gasteiger partial charge < -0.3 is 20.3 Å². The van der Waals surface area contributed by atoms with Crippen molar-refractivity contribution >= 4 is 22.9 Å². The van der Waals surface area contributed by atoms with Crippen LogP contribution in [0.5, 0.6) is 5.75 Å². The van der Waals surface area contributed by atoms with E-state index in [2.05, 4.69) is 45.7 Å². The van der Waals surface area contributed by atoms with E-state index in [1.165, 1.54) is 48.8 Å². The summed E-state index contributed by atoms with van der Waals surface area (Å²) >= 11 is 0. The number of rotatable bonds is 9. The van der Waals surface area contributed by atoms with Crippen molar-refractivity contribution in [3.8, 4) is 5.75 Å². The third kappa shape index (κ3) is 6.01. The number of unbranched alkanes of at least 4 members (excludes halogenated alkanes) is 2. The van der Waals surface area contributed by atoms with Gasteiger partial charge >= 0.3 is 0 Å². The minimum absolute atomic E-state index is 0.0718. The average molecular weight is 432 g/mol. The molecule has 4 rings (SSSR count). The summed E-state index contributed by atoms with van der Waals surface area (Å²) in [6.45, 7) is 4.20. The Labute approximate surface area is 190 Å². The molecule has 168 valence electrons. The Kier molecular flexibility index (Phi) is 7.62. The van der Waals surface area contributed by atoms with Gasteiger partial charge in [0, 0.05) is 29.7 Å². The fraction of sp³-hybridized carbons (Fsp3) is 0.370. The molecule has 1 amide bonds. The molecule has 0 saturated carbocycles. The van der Waals surface area contributed by atoms with E-state index in [9.17, 15) is 9.90 Å². The molecule has 1 aliphatic heterocycles. The van der Waals surface area contributed by atoms with Crippen LogP contribution in [0.25, 0.3) is 17.0 Å². The van der Waals surface area contributed by atoms with Gasteiger partial charge in [-0.2, -0.15) is 0 Å². The van der Waals surface area contributed by atoms with Crippen molar-refractivity contribution in [2.45, 2.75) is 38.0 Å². The third-order valence-electron chi connectivity index (χ3n) is 6.42. The van der Waals surface area contributed by atoms with E-state index < -0.39 is 0 Å². The van der Waals surface area contributed by atoms with E-state index in [4.69, 9.17) is 0 Å². The van der Waals surface area contributed by atoms with Gasteiger partial charge in [0.15, 0.2) is 0 Å². The van der Waals surface area contributed by atoms with Crippen molar-refractivity contribution in [1.82, 2.24) is 15.2 Å². The molecular formula is C27H33N3O2. The van der Waals surface area contributed by atoms with Crippen molar-refractivity contribution in [2.24, 2.45) is 0 Å². The van der Waals surface area contributed by atoms with Crippen molar-refractivity contribution in [2.75, 3.05) is 26.2 Å². The van der Waals surface area contributed by atoms with Crippen LogP contribution < -0.4 is 5.32 Å². The lowest BCUT2D eigenvalue weighted by molar-refractivity contribution is -0.116. The summed E-state index contributed by atoms with van der Waals surface area (Å²) < 4.78 is 0. The summed E-state index contributed by atoms with van der Waals surface area (Å²) in [5.41, 5.74) is 3.62. The van der Waals surface area contributed by atoms with Crippen LogP contribution in [0.4, 0.5) is 0 Å². The number of phenolic OH excluding ortho intramolecular Hbond substituents is 1. The first-order chi connectivity index (χ1) is 15.7. The molecule has 0 unspecified atom stereocenters. The number of carbonyl (C=O) groups is 1. The number of aromatic amines is 1. The number of nitrogens with one attached hydrogen (secondary N) is 2. The summed E-state index contributed by atoms with van der Waals surface area (Å²) in [5, 5.41) is 13.6. The molecule has 1 aliphatic rings. The van der Waals surface area contributed by atoms with Crippen LogP contribution in [0.15, 0.2) is 60.8 Å². The molecule has 1 saturated heterocycles. The highest BCUT2D eigenvalue weighted by atomic mass is 16.3. The Bertz CT molecular complexity index is 1030. The van der Waals surface area contributed by atoms with Gasteiger partial charge in [0.25, 0.3) is 0 Å². The largest absolute Gasteiger partial charge is 0.508 e. The predicted molar refractivity (Wildman–Crippen MR) is 131 cm³/mol. The lowest BCUT2D eigenvalue weighted by Crippen LogP contribution is -2.33. The number of benzene rings is 2. The number of H-pyrrole nitrogens is 1. The summed E-state index contributed by atoms with van der Waals surface area (Å²) in [5.74, 6) is 0.815. The molecule has 5 nitrogen and oxygen atoms in total. The van der Waals surface area contributed by atoms with E-state index in [-0.39, 0.29) is 11.7 Å². The molecule has 32 heavy (non-hydrogen) atoms. The number of hydrogen-bond acceptors (Lipinski definition) is 3. The number of fused-ring (bicyclic) bond motifs is 1. The Hall–Kier alpha value is -3.05. The molecule has 2 heterocycles. The van der Waals surface area contributed by atoms with Crippen LogP contribution in [-0.4, -0.2) is 47.1 Å². The minimum atomic E-state index is -0.0718. The first-order valence-corrected chi connectivity index (χ1v) is 11.7. The Balaban J connectivity index is 1.08. The highest BCUT2D eigenvalue weighted by Crippen LogP contribution is 2.33. The Morgan fingerprint density at radius 1 is 1.06 bits per heavy atom. The second-order valence-corrected chi connectivity index (χ2v) is 8.68. The van der Waals surface area contributed by atoms with Crippen LogP contribution >= 0.6 is 0 Å². The van der Waals surface area contributed by atoms with Gasteiger partial charge in [-0.15, -0.1) is 0 Å². The second kappa shape index (κ2) is 11.0. The standard InChI is InChI=1S/C27H33N3O2/c31-23-11-8-21(9-12-23)10-13-27(32)28-16-4-1-5-17-30-18-14-22(15-19-30)25-20-29-26-7-3-2-6-24(25)26/h2-3,6-13,20,22,29,31H,1,4-5,14-19H2,(H,28,32)/b13-10+. The number of carbonyl (C=O) groups excluding carboxylic acids is 1. The van der Waals surface area contributed by atoms with Crippen LogP contribution in [0, 0.1) is 0 Å². The predicted octanol–water partition coefficient (Wildman–Crippen LogP) is 5.05. The molecule has 0 bridgehead atoms. The van der Waals surface area contributed by atoms with Crippen LogP contribution in [0.3, 0.4) is 0 Å². The van der Waals surface area contributed by atoms with Gasteiger partial charge in [-0.3, -0.25) is 4.79 Å². The van der Waals surface area contributed by atoms with Gasteiger partial charge in [-0.1, -0.05) is 36.8 Å². The minimum Gasteiger partial charge on any atom is -0.508 e. The molecule has 1 fully saturated rings. The second-order valence-electron chi connectivity index (χ2n) is 8.68. The molecule has 3 aromatic rings. The van der Waals surface area contributed by atoms with Gasteiger partial charge in [0.1, 0.15) is 5.75 Å². The van der Waals surface area contributed by atoms with Crippen LogP contribution in [-0.2, 0) is 4.79 Å². The molecule has 3 N–H and O–H groups in total. The third-order valence-corrected chi connectivity index (χ3v) is 6.42. The van der Waals surface area contributed by atoms with Crippen LogP contribution in [0.2, 0.25) is 0 Å². The number of hydrogen-bond donors (Lipinski definition) is 3. The van der Waals surface area contributed by atoms with Crippen LogP contribution in [0.1, 0.15) is 49.1 Å². The molecule has 0 atom stereocenters. The fourth-order valence-corrected chi connectivity index (χ4v) is 4.56. The zero-order chi connectivity index (χ0) is 22.2. The summed E-state index contributed by atoms with van der Waals surface area (Å²) in [6.07, 6.45) is 11.3. The SMILES string of the molecule is O=C(/C=C/c1ccc(O)cc1)NCCCCCN1CCC(c2c[nH]c3ccccc23)CC1. The van der Waals surface area contributed by atoms with E-state index in [0.29, 0.717) is 12.5 Å². The number of likely N-dealkylation sites (tertiary alicyclic amines) is 1. The summed E-state index contributed by atoms with van der Waals surface area (Å²) in [4.78, 5) is 17.9. The van der Waals surface area contributed by atoms with E-state index >= 15 is 0 Å². The lowest BCUT2D eigenvalue weighted by atomic mass is 9.89. The smallest absolute Gasteiger partial charge is 0.243 e. The topological polar surface area (TPSA) is 68.4 Å². The van der Waals surface area contributed by atoms with Gasteiger partial charge in [-0.05, 0) is 86.6 Å². The zero-order valence-electron chi connectivity index (χ0n) is 18.6. The van der Waals surface area contributed by atoms with Gasteiger partial charge in [0.05, 0.1) is 0 Å². The number of para-hydroxylation sites is 1. The lowest BCUT2D eigenvalue weighted by Gasteiger charge is -2.32. The zero-order valence-corrected chi connectivity index (χ0v) is 18.6. The number of amides is 1. The molecule has 0 spiro atoms. The van der Waals surface area contributed by atoms with Crippen molar-refractivity contribution in [3.05, 3.63) is 71.9 Å². The Morgan fingerprint density at radius 3 is 2.66 bits per heavy atom. The fourth-order valence-electron chi connectivity index (χ4n) is 4.56. The van der Waals surface area contributed by atoms with Gasteiger partial charge in [-0.25, -0.2) is 0 Å². The molecule has 0 radical (unpaired) electrons. The van der Waals surface area contributed by atoms with Crippen molar-refractivity contribution in [3.63, 3.8) is 0 Å². The highest BCUT2D eigenvalue weighted by Gasteiger charge is 2.22. The summed E-state index contributed by atoms with van der Waals surface area (Å²) in [6, 6.07) is 15.4. The number of aromatic nitrogens is 1. The van der Waals surface area contributed by atoms with Gasteiger partial charge in [0.2, 0.25) is 5.91 Å². The Morgan fingerprint density at radius 2 is 1.84 bits per heavy atom. The molecule has 0 aliphatic carbocycles. The van der Waals surface area contributed by atoms with E-state index in [1.54, 1.807) is 36.4 Å². The number of nitrogens with zero attached hydrogens (tertiary/aromatic N) is 1. The maximum absolute atomic E-state index is 11.9. The maximum Gasteiger partial charge on any atom is 0.243 e. The maximum atomic E-state index is 11.9. The first kappa shape index (κ1) is 22.2. The highest BCUT2D eigenvalue weighted by molar-refractivity contribution is 5.91. The number of phenols is 1.